The largest absolute Gasteiger partial charge is 0.460 e. The van der Waals surface area contributed by atoms with Gasteiger partial charge in [0.05, 0.1) is 16.9 Å². The van der Waals surface area contributed by atoms with Gasteiger partial charge in [-0.1, -0.05) is 0 Å². The molecular formula is C11H22O4S. The highest BCUT2D eigenvalue weighted by Crippen LogP contribution is 2.17. The lowest BCUT2D eigenvalue weighted by molar-refractivity contribution is -0.154. The molecule has 0 aliphatic rings. The smallest absolute Gasteiger partial charge is 0.307 e. The zero-order valence-electron chi connectivity index (χ0n) is 11.0. The van der Waals surface area contributed by atoms with Gasteiger partial charge in [0.1, 0.15) is 5.60 Å². The fourth-order valence-corrected chi connectivity index (χ4v) is 1.96. The minimum Gasteiger partial charge on any atom is -0.460 e. The van der Waals surface area contributed by atoms with Gasteiger partial charge < -0.3 is 4.74 Å². The molecule has 16 heavy (non-hydrogen) atoms. The first kappa shape index (κ1) is 15.4. The zero-order valence-corrected chi connectivity index (χ0v) is 11.8. The lowest BCUT2D eigenvalue weighted by Gasteiger charge is -2.21. The number of sulfone groups is 1. The summed E-state index contributed by atoms with van der Waals surface area (Å²) in [6.07, 6.45) is -0.0864. The molecule has 0 heterocycles. The number of hydrogen-bond donors (Lipinski definition) is 0. The molecule has 0 atom stereocenters. The van der Waals surface area contributed by atoms with Crippen molar-refractivity contribution < 1.29 is 17.9 Å². The van der Waals surface area contributed by atoms with Gasteiger partial charge in [-0.15, -0.1) is 0 Å². The number of hydrogen-bond acceptors (Lipinski definition) is 4. The van der Waals surface area contributed by atoms with E-state index in [0.717, 1.165) is 0 Å². The highest BCUT2D eigenvalue weighted by molar-refractivity contribution is 7.92. The van der Waals surface area contributed by atoms with Crippen molar-refractivity contribution in [3.8, 4) is 0 Å². The second kappa shape index (κ2) is 4.73. The highest BCUT2D eigenvalue weighted by atomic mass is 32.2. The van der Waals surface area contributed by atoms with E-state index in [-0.39, 0.29) is 12.2 Å². The van der Waals surface area contributed by atoms with E-state index in [1.807, 2.05) is 0 Å². The molecule has 0 fully saturated rings. The summed E-state index contributed by atoms with van der Waals surface area (Å²) >= 11 is 0. The first-order chi connectivity index (χ1) is 6.85. The standard InChI is InChI=1S/C11H22O4S/c1-10(2,3)15-9(12)7-8-16(13,14)11(4,5)6/h7-8H2,1-6H3. The van der Waals surface area contributed by atoms with Crippen molar-refractivity contribution in [1.29, 1.82) is 0 Å². The molecule has 0 radical (unpaired) electrons. The quantitative estimate of drug-likeness (QED) is 0.718. The van der Waals surface area contributed by atoms with Crippen LogP contribution >= 0.6 is 0 Å². The lowest BCUT2D eigenvalue weighted by Crippen LogP contribution is -2.32. The van der Waals surface area contributed by atoms with Crippen LogP contribution < -0.4 is 0 Å². The summed E-state index contributed by atoms with van der Waals surface area (Å²) in [7, 11) is -3.25. The second-order valence-corrected chi connectivity index (χ2v) is 8.63. The molecule has 0 N–H and O–H groups in total. The Labute approximate surface area is 98.3 Å². The molecule has 4 nitrogen and oxygen atoms in total. The van der Waals surface area contributed by atoms with Gasteiger partial charge in [0.2, 0.25) is 0 Å². The zero-order chi connectivity index (χ0) is 13.2. The third kappa shape index (κ3) is 5.49. The number of carbonyl (C=O) groups excluding carboxylic acids is 1. The van der Waals surface area contributed by atoms with Gasteiger partial charge >= 0.3 is 5.97 Å². The number of ether oxygens (including phenoxy) is 1. The maximum Gasteiger partial charge on any atom is 0.307 e. The van der Waals surface area contributed by atoms with Gasteiger partial charge in [-0.3, -0.25) is 4.79 Å². The minimum absolute atomic E-state index is 0.0864. The van der Waals surface area contributed by atoms with Crippen molar-refractivity contribution in [1.82, 2.24) is 0 Å². The number of rotatable bonds is 3. The topological polar surface area (TPSA) is 60.4 Å². The molecule has 0 aliphatic carbocycles. The summed E-state index contributed by atoms with van der Waals surface area (Å²) in [5.41, 5.74) is -0.567. The van der Waals surface area contributed by atoms with E-state index in [9.17, 15) is 13.2 Å². The summed E-state index contributed by atoms with van der Waals surface area (Å²) in [6, 6.07) is 0. The van der Waals surface area contributed by atoms with Crippen molar-refractivity contribution in [2.24, 2.45) is 0 Å². The van der Waals surface area contributed by atoms with Crippen LogP contribution in [0.25, 0.3) is 0 Å². The summed E-state index contributed by atoms with van der Waals surface area (Å²) in [5.74, 6) is -0.633. The van der Waals surface area contributed by atoms with Gasteiger partial charge in [-0.25, -0.2) is 8.42 Å². The molecule has 0 bridgehead atoms. The van der Waals surface area contributed by atoms with E-state index >= 15 is 0 Å². The Morgan fingerprint density at radius 1 is 1.06 bits per heavy atom. The SMILES string of the molecule is CC(C)(C)OC(=O)CCS(=O)(=O)C(C)(C)C. The van der Waals surface area contributed by atoms with E-state index in [1.54, 1.807) is 41.5 Å². The molecule has 0 aromatic carbocycles. The highest BCUT2D eigenvalue weighted by Gasteiger charge is 2.30. The molecule has 0 aromatic heterocycles. The lowest BCUT2D eigenvalue weighted by atomic mass is 10.2. The van der Waals surface area contributed by atoms with Crippen molar-refractivity contribution in [2.75, 3.05) is 5.75 Å². The molecule has 5 heteroatoms. The Morgan fingerprint density at radius 3 is 1.81 bits per heavy atom. The second-order valence-electron chi connectivity index (χ2n) is 5.77. The molecule has 0 amide bonds. The fourth-order valence-electron chi connectivity index (χ4n) is 0.916. The first-order valence-electron chi connectivity index (χ1n) is 5.29. The Hall–Kier alpha value is -0.580. The maximum atomic E-state index is 11.7. The Bertz CT molecular complexity index is 341. The van der Waals surface area contributed by atoms with Crippen molar-refractivity contribution >= 4 is 15.8 Å². The Kier molecular flexibility index (Phi) is 4.56. The van der Waals surface area contributed by atoms with Crippen LogP contribution in [0.3, 0.4) is 0 Å². The molecule has 0 spiro atoms. The van der Waals surface area contributed by atoms with E-state index < -0.39 is 26.2 Å². The molecule has 0 aromatic rings. The van der Waals surface area contributed by atoms with Crippen LogP contribution in [0, 0.1) is 0 Å². The third-order valence-corrected chi connectivity index (χ3v) is 4.54. The predicted molar refractivity (Wildman–Crippen MR) is 64.0 cm³/mol. The van der Waals surface area contributed by atoms with Gasteiger partial charge in [0.15, 0.2) is 9.84 Å². The monoisotopic (exact) mass is 250 g/mol. The van der Waals surface area contributed by atoms with Crippen LogP contribution in [-0.2, 0) is 19.4 Å². The number of carbonyl (C=O) groups is 1. The molecule has 0 aliphatic heterocycles. The summed E-state index contributed by atoms with van der Waals surface area (Å²) in [6.45, 7) is 10.1. The molecule has 0 saturated carbocycles. The minimum atomic E-state index is -3.25. The van der Waals surface area contributed by atoms with Crippen LogP contribution in [-0.4, -0.2) is 30.5 Å². The summed E-state index contributed by atoms with van der Waals surface area (Å²) in [4.78, 5) is 11.3. The molecule has 96 valence electrons. The summed E-state index contributed by atoms with van der Waals surface area (Å²) < 4.78 is 27.6. The number of esters is 1. The summed E-state index contributed by atoms with van der Waals surface area (Å²) in [5, 5.41) is 0. The van der Waals surface area contributed by atoms with Crippen molar-refractivity contribution in [3.05, 3.63) is 0 Å². The van der Waals surface area contributed by atoms with Crippen molar-refractivity contribution in [3.63, 3.8) is 0 Å². The molecule has 0 unspecified atom stereocenters. The van der Waals surface area contributed by atoms with Gasteiger partial charge in [0, 0.05) is 0 Å². The van der Waals surface area contributed by atoms with Crippen molar-refractivity contribution in [2.45, 2.75) is 58.3 Å². The molecule has 0 rings (SSSR count). The predicted octanol–water partition coefficient (Wildman–Crippen LogP) is 1.93. The van der Waals surface area contributed by atoms with E-state index in [1.165, 1.54) is 0 Å². The van der Waals surface area contributed by atoms with E-state index in [4.69, 9.17) is 4.74 Å². The van der Waals surface area contributed by atoms with Crippen LogP contribution in [0.2, 0.25) is 0 Å². The van der Waals surface area contributed by atoms with Crippen LogP contribution in [0.5, 0.6) is 0 Å². The van der Waals surface area contributed by atoms with E-state index in [2.05, 4.69) is 0 Å². The van der Waals surface area contributed by atoms with E-state index in [0.29, 0.717) is 0 Å². The average molecular weight is 250 g/mol. The maximum absolute atomic E-state index is 11.7. The van der Waals surface area contributed by atoms with Crippen LogP contribution in [0.1, 0.15) is 48.0 Å². The first-order valence-corrected chi connectivity index (χ1v) is 6.94. The Balaban J connectivity index is 4.34. The Morgan fingerprint density at radius 2 is 1.50 bits per heavy atom. The molecule has 0 saturated heterocycles. The average Bonchev–Trinajstić information content (AvgIpc) is 1.95. The normalized spacial score (nSPS) is 13.6. The van der Waals surface area contributed by atoms with Gasteiger partial charge in [-0.05, 0) is 41.5 Å². The van der Waals surface area contributed by atoms with Crippen LogP contribution in [0.4, 0.5) is 0 Å². The van der Waals surface area contributed by atoms with Crippen LogP contribution in [0.15, 0.2) is 0 Å². The fraction of sp³-hybridized carbons (Fsp3) is 0.909. The third-order valence-electron chi connectivity index (χ3n) is 1.93. The van der Waals surface area contributed by atoms with Gasteiger partial charge in [0.25, 0.3) is 0 Å². The van der Waals surface area contributed by atoms with Gasteiger partial charge in [-0.2, -0.15) is 0 Å². The molecular weight excluding hydrogens is 228 g/mol.